The molecule has 1 aromatic rings. The highest BCUT2D eigenvalue weighted by molar-refractivity contribution is 8.00. The normalized spacial score (nSPS) is 16.9. The summed E-state index contributed by atoms with van der Waals surface area (Å²) in [5.74, 6) is 0. The lowest BCUT2D eigenvalue weighted by Crippen LogP contribution is -2.05. The van der Waals surface area contributed by atoms with Gasteiger partial charge in [-0.1, -0.05) is 36.6 Å². The van der Waals surface area contributed by atoms with Gasteiger partial charge >= 0.3 is 0 Å². The van der Waals surface area contributed by atoms with Gasteiger partial charge in [0.1, 0.15) is 0 Å². The molecule has 1 nitrogen and oxygen atoms in total. The van der Waals surface area contributed by atoms with Crippen molar-refractivity contribution >= 4 is 23.4 Å². The van der Waals surface area contributed by atoms with Crippen LogP contribution in [0.2, 0.25) is 5.02 Å². The number of nitrogens with two attached hydrogens (primary N) is 1. The van der Waals surface area contributed by atoms with E-state index in [1.165, 1.54) is 36.1 Å². The summed E-state index contributed by atoms with van der Waals surface area (Å²) in [5.41, 5.74) is 6.95. The molecule has 3 heteroatoms. The summed E-state index contributed by atoms with van der Waals surface area (Å²) in [6.45, 7) is 0.693. The molecule has 0 aromatic heterocycles. The van der Waals surface area contributed by atoms with Crippen LogP contribution in [0.5, 0.6) is 0 Å². The van der Waals surface area contributed by atoms with Gasteiger partial charge in [0.2, 0.25) is 0 Å². The minimum absolute atomic E-state index is 0.693. The summed E-state index contributed by atoms with van der Waals surface area (Å²) in [6, 6.07) is 6.15. The largest absolute Gasteiger partial charge is 0.330 e. The van der Waals surface area contributed by atoms with E-state index in [0.717, 1.165) is 16.7 Å². The molecule has 1 aliphatic carbocycles. The maximum absolute atomic E-state index is 6.28. The Kier molecular flexibility index (Phi) is 4.56. The van der Waals surface area contributed by atoms with E-state index >= 15 is 0 Å². The lowest BCUT2D eigenvalue weighted by molar-refractivity contribution is 0.886. The van der Waals surface area contributed by atoms with Crippen LogP contribution in [0, 0.1) is 0 Å². The number of rotatable bonds is 4. The van der Waals surface area contributed by atoms with E-state index in [1.54, 1.807) is 0 Å². The molecule has 0 amide bonds. The standard InChI is InChI=1S/C13H18ClNS/c14-12-7-3-4-10(8-9-15)13(12)16-11-5-1-2-6-11/h3-4,7,11H,1-2,5-6,8-9,15H2. The fourth-order valence-electron chi connectivity index (χ4n) is 2.21. The zero-order chi connectivity index (χ0) is 11.4. The predicted molar refractivity (Wildman–Crippen MR) is 72.3 cm³/mol. The number of hydrogen-bond donors (Lipinski definition) is 1. The summed E-state index contributed by atoms with van der Waals surface area (Å²) in [6.07, 6.45) is 6.33. The zero-order valence-corrected chi connectivity index (χ0v) is 11.0. The summed E-state index contributed by atoms with van der Waals surface area (Å²) in [5, 5.41) is 1.65. The van der Waals surface area contributed by atoms with Gasteiger partial charge in [0.15, 0.2) is 0 Å². The van der Waals surface area contributed by atoms with E-state index in [1.807, 2.05) is 23.9 Å². The van der Waals surface area contributed by atoms with Crippen LogP contribution in [0.15, 0.2) is 23.1 Å². The zero-order valence-electron chi connectivity index (χ0n) is 9.42. The minimum Gasteiger partial charge on any atom is -0.330 e. The second-order valence-corrected chi connectivity index (χ2v) is 6.01. The lowest BCUT2D eigenvalue weighted by atomic mass is 10.1. The monoisotopic (exact) mass is 255 g/mol. The van der Waals surface area contributed by atoms with Crippen molar-refractivity contribution in [3.05, 3.63) is 28.8 Å². The molecule has 2 N–H and O–H groups in total. The predicted octanol–water partition coefficient (Wildman–Crippen LogP) is 3.88. The maximum Gasteiger partial charge on any atom is 0.0544 e. The number of halogens is 1. The van der Waals surface area contributed by atoms with E-state index < -0.39 is 0 Å². The van der Waals surface area contributed by atoms with Crippen LogP contribution in [-0.4, -0.2) is 11.8 Å². The van der Waals surface area contributed by atoms with Gasteiger partial charge in [-0.25, -0.2) is 0 Å². The molecule has 0 atom stereocenters. The number of thioether (sulfide) groups is 1. The second kappa shape index (κ2) is 5.95. The second-order valence-electron chi connectivity index (χ2n) is 4.29. The quantitative estimate of drug-likeness (QED) is 0.884. The van der Waals surface area contributed by atoms with Gasteiger partial charge in [-0.05, 0) is 37.4 Å². The first-order valence-electron chi connectivity index (χ1n) is 5.95. The molecular weight excluding hydrogens is 238 g/mol. The Morgan fingerprint density at radius 1 is 1.31 bits per heavy atom. The van der Waals surface area contributed by atoms with E-state index in [9.17, 15) is 0 Å². The molecular formula is C13H18ClNS. The van der Waals surface area contributed by atoms with Gasteiger partial charge in [0.05, 0.1) is 5.02 Å². The Hall–Kier alpha value is -0.180. The third-order valence-electron chi connectivity index (χ3n) is 3.05. The Morgan fingerprint density at radius 3 is 2.75 bits per heavy atom. The fourth-order valence-corrected chi connectivity index (χ4v) is 3.94. The van der Waals surface area contributed by atoms with Crippen molar-refractivity contribution < 1.29 is 0 Å². The molecule has 0 bridgehead atoms. The molecule has 2 rings (SSSR count). The Bertz CT molecular complexity index is 348. The first kappa shape index (κ1) is 12.3. The summed E-state index contributed by atoms with van der Waals surface area (Å²) < 4.78 is 0. The highest BCUT2D eigenvalue weighted by Crippen LogP contribution is 2.39. The van der Waals surface area contributed by atoms with Crippen LogP contribution < -0.4 is 5.73 Å². The number of hydrogen-bond acceptors (Lipinski definition) is 2. The van der Waals surface area contributed by atoms with E-state index in [0.29, 0.717) is 6.54 Å². The van der Waals surface area contributed by atoms with Crippen molar-refractivity contribution in [1.82, 2.24) is 0 Å². The van der Waals surface area contributed by atoms with Crippen molar-refractivity contribution in [3.8, 4) is 0 Å². The molecule has 0 spiro atoms. The highest BCUT2D eigenvalue weighted by Gasteiger charge is 2.18. The molecule has 0 radical (unpaired) electrons. The number of benzene rings is 1. The molecule has 1 aromatic carbocycles. The van der Waals surface area contributed by atoms with Crippen LogP contribution in [0.1, 0.15) is 31.2 Å². The Morgan fingerprint density at radius 2 is 2.06 bits per heavy atom. The van der Waals surface area contributed by atoms with Crippen molar-refractivity contribution in [1.29, 1.82) is 0 Å². The third-order valence-corrected chi connectivity index (χ3v) is 5.00. The topological polar surface area (TPSA) is 26.0 Å². The van der Waals surface area contributed by atoms with Crippen LogP contribution in [-0.2, 0) is 6.42 Å². The average molecular weight is 256 g/mol. The molecule has 0 heterocycles. The summed E-state index contributed by atoms with van der Waals surface area (Å²) >= 11 is 8.24. The van der Waals surface area contributed by atoms with Gasteiger partial charge in [-0.15, -0.1) is 11.8 Å². The van der Waals surface area contributed by atoms with Crippen LogP contribution >= 0.6 is 23.4 Å². The Balaban J connectivity index is 2.16. The molecule has 1 aliphatic rings. The van der Waals surface area contributed by atoms with E-state index in [2.05, 4.69) is 6.07 Å². The summed E-state index contributed by atoms with van der Waals surface area (Å²) in [7, 11) is 0. The molecule has 1 saturated carbocycles. The van der Waals surface area contributed by atoms with E-state index in [-0.39, 0.29) is 0 Å². The van der Waals surface area contributed by atoms with Gasteiger partial charge < -0.3 is 5.73 Å². The van der Waals surface area contributed by atoms with Crippen molar-refractivity contribution in [2.24, 2.45) is 5.73 Å². The summed E-state index contributed by atoms with van der Waals surface area (Å²) in [4.78, 5) is 1.27. The lowest BCUT2D eigenvalue weighted by Gasteiger charge is -2.14. The highest BCUT2D eigenvalue weighted by atomic mass is 35.5. The van der Waals surface area contributed by atoms with Crippen LogP contribution in [0.3, 0.4) is 0 Å². The molecule has 0 aliphatic heterocycles. The third kappa shape index (κ3) is 2.93. The molecule has 16 heavy (non-hydrogen) atoms. The maximum atomic E-state index is 6.28. The van der Waals surface area contributed by atoms with Crippen LogP contribution in [0.25, 0.3) is 0 Å². The van der Waals surface area contributed by atoms with Gasteiger partial charge in [-0.2, -0.15) is 0 Å². The molecule has 88 valence electrons. The van der Waals surface area contributed by atoms with Gasteiger partial charge in [0.25, 0.3) is 0 Å². The van der Waals surface area contributed by atoms with E-state index in [4.69, 9.17) is 17.3 Å². The van der Waals surface area contributed by atoms with Crippen molar-refractivity contribution in [2.75, 3.05) is 6.54 Å². The molecule has 0 saturated heterocycles. The van der Waals surface area contributed by atoms with Crippen molar-refractivity contribution in [3.63, 3.8) is 0 Å². The van der Waals surface area contributed by atoms with Gasteiger partial charge in [-0.3, -0.25) is 0 Å². The van der Waals surface area contributed by atoms with Crippen LogP contribution in [0.4, 0.5) is 0 Å². The van der Waals surface area contributed by atoms with Gasteiger partial charge in [0, 0.05) is 10.1 Å². The Labute approximate surface area is 107 Å². The smallest absolute Gasteiger partial charge is 0.0544 e. The SMILES string of the molecule is NCCc1cccc(Cl)c1SC1CCCC1. The average Bonchev–Trinajstić information content (AvgIpc) is 2.76. The van der Waals surface area contributed by atoms with Crippen molar-refractivity contribution in [2.45, 2.75) is 42.2 Å². The first-order chi connectivity index (χ1) is 7.81. The molecule has 0 unspecified atom stereocenters. The first-order valence-corrected chi connectivity index (χ1v) is 7.21. The molecule has 1 fully saturated rings. The fraction of sp³-hybridized carbons (Fsp3) is 0.538. The minimum atomic E-state index is 0.693.